The van der Waals surface area contributed by atoms with E-state index in [2.05, 4.69) is 32.2 Å². The number of ether oxygens (including phenoxy) is 7. The average Bonchev–Trinajstić information content (AvgIpc) is 3.44. The second kappa shape index (κ2) is 28.8. The Hall–Kier alpha value is -7.16. The minimum atomic E-state index is -1.67. The van der Waals surface area contributed by atoms with Gasteiger partial charge in [0.2, 0.25) is 0 Å². The van der Waals surface area contributed by atoms with Crippen molar-refractivity contribution >= 4 is 35.8 Å². The molecule has 1 fully saturated rings. The zero-order valence-corrected chi connectivity index (χ0v) is 45.8. The largest absolute Gasteiger partial charge is 0.492 e. The lowest BCUT2D eigenvalue weighted by molar-refractivity contribution is -0.170. The van der Waals surface area contributed by atoms with E-state index in [4.69, 9.17) is 33.2 Å². The molecular formula is C62H74F2O13. The molecule has 15 heteroatoms. The predicted molar refractivity (Wildman–Crippen MR) is 288 cm³/mol. The van der Waals surface area contributed by atoms with Crippen LogP contribution in [0.1, 0.15) is 116 Å². The van der Waals surface area contributed by atoms with Crippen molar-refractivity contribution in [1.29, 1.82) is 0 Å². The van der Waals surface area contributed by atoms with Gasteiger partial charge in [0.1, 0.15) is 49.2 Å². The van der Waals surface area contributed by atoms with Gasteiger partial charge in [-0.05, 0) is 153 Å². The summed E-state index contributed by atoms with van der Waals surface area (Å²) in [5.74, 6) is -7.65. The third-order valence-electron chi connectivity index (χ3n) is 14.1. The van der Waals surface area contributed by atoms with Gasteiger partial charge in [-0.3, -0.25) is 19.2 Å². The highest BCUT2D eigenvalue weighted by Gasteiger charge is 2.40. The van der Waals surface area contributed by atoms with Gasteiger partial charge in [-0.25, -0.2) is 18.4 Å². The molecule has 77 heavy (non-hydrogen) atoms. The Morgan fingerprint density at radius 2 is 1.14 bits per heavy atom. The van der Waals surface area contributed by atoms with Crippen LogP contribution in [0.15, 0.2) is 97.1 Å². The Morgan fingerprint density at radius 3 is 1.69 bits per heavy atom. The first-order valence-electron chi connectivity index (χ1n) is 26.4. The van der Waals surface area contributed by atoms with Crippen molar-refractivity contribution in [2.24, 2.45) is 23.2 Å². The monoisotopic (exact) mass is 1060 g/mol. The maximum Gasteiger partial charge on any atom is 0.333 e. The molecule has 4 aromatic rings. The van der Waals surface area contributed by atoms with Crippen LogP contribution in [-0.4, -0.2) is 83.1 Å². The molecular weight excluding hydrogens is 991 g/mol. The van der Waals surface area contributed by atoms with E-state index in [0.717, 1.165) is 55.2 Å². The summed E-state index contributed by atoms with van der Waals surface area (Å²) in [7, 11) is 2.21. The number of benzene rings is 4. The van der Waals surface area contributed by atoms with Crippen LogP contribution in [0.2, 0.25) is 0 Å². The molecule has 2 unspecified atom stereocenters. The lowest BCUT2D eigenvalue weighted by Gasteiger charge is -2.33. The first kappa shape index (κ1) is 60.7. The molecule has 2 atom stereocenters. The van der Waals surface area contributed by atoms with E-state index >= 15 is 8.78 Å². The standard InChI is InChI=1S/C62H74F2O13/c1-11-13-15-42-17-19-44(20-18-42)45-21-23-46(24-22-45)50-32-52(63)55(53(64)33-50)49-25-27-51(43(12-2)30-49)47-26-28-54(48(31-47)16-14-29-73-56(65)38(3)4)74-34-62(35-75-57(66)39(5)6,36-76-60(69)40(7)58(67)71-9)37-77-61(70)41(8)59(68)72-10/h21-28,30-33,40-42,44H,3,5,11-20,29,34-37H2,1-2,4,6-10H3. The van der Waals surface area contributed by atoms with Crippen molar-refractivity contribution in [2.75, 3.05) is 47.3 Å². The van der Waals surface area contributed by atoms with Crippen LogP contribution >= 0.6 is 0 Å². The van der Waals surface area contributed by atoms with Crippen molar-refractivity contribution in [1.82, 2.24) is 0 Å². The summed E-state index contributed by atoms with van der Waals surface area (Å²) in [4.78, 5) is 76.0. The summed E-state index contributed by atoms with van der Waals surface area (Å²) < 4.78 is 70.4. The quantitative estimate of drug-likeness (QED) is 0.0182. The topological polar surface area (TPSA) is 167 Å². The van der Waals surface area contributed by atoms with E-state index in [1.54, 1.807) is 30.3 Å². The second-order valence-corrected chi connectivity index (χ2v) is 20.2. The van der Waals surface area contributed by atoms with Crippen molar-refractivity contribution in [3.8, 4) is 39.1 Å². The van der Waals surface area contributed by atoms with Gasteiger partial charge >= 0.3 is 35.8 Å². The smallest absolute Gasteiger partial charge is 0.333 e. The highest BCUT2D eigenvalue weighted by atomic mass is 19.1. The average molecular weight is 1070 g/mol. The fraction of sp³-hybridized carbons (Fsp3) is 0.452. The molecule has 1 aliphatic rings. The maximum atomic E-state index is 16.2. The van der Waals surface area contributed by atoms with E-state index in [-0.39, 0.29) is 35.5 Å². The fourth-order valence-corrected chi connectivity index (χ4v) is 9.26. The molecule has 0 spiro atoms. The number of unbranched alkanes of at least 4 members (excludes halogenated alkanes) is 1. The lowest BCUT2D eigenvalue weighted by atomic mass is 9.77. The summed E-state index contributed by atoms with van der Waals surface area (Å²) in [6, 6.07) is 21.4. The Kier molecular flexibility index (Phi) is 22.7. The van der Waals surface area contributed by atoms with Crippen LogP contribution in [0.25, 0.3) is 33.4 Å². The summed E-state index contributed by atoms with van der Waals surface area (Å²) >= 11 is 0. The Labute approximate surface area is 451 Å². The molecule has 0 heterocycles. The first-order chi connectivity index (χ1) is 36.7. The minimum absolute atomic E-state index is 0.0228. The fourth-order valence-electron chi connectivity index (χ4n) is 9.26. The van der Waals surface area contributed by atoms with E-state index in [1.165, 1.54) is 77.5 Å². The highest BCUT2D eigenvalue weighted by molar-refractivity contribution is 5.95. The van der Waals surface area contributed by atoms with Gasteiger partial charge in [-0.2, -0.15) is 0 Å². The number of methoxy groups -OCH3 is 2. The number of esters is 6. The molecule has 414 valence electrons. The number of hydrogen-bond acceptors (Lipinski definition) is 13. The number of carbonyl (C=O) groups excluding carboxylic acids is 6. The third-order valence-corrected chi connectivity index (χ3v) is 14.1. The van der Waals surface area contributed by atoms with Crippen LogP contribution in [0.3, 0.4) is 0 Å². The molecule has 4 aromatic carbocycles. The molecule has 0 bridgehead atoms. The Balaban J connectivity index is 1.47. The first-order valence-corrected chi connectivity index (χ1v) is 26.4. The van der Waals surface area contributed by atoms with E-state index in [9.17, 15) is 28.8 Å². The molecule has 0 amide bonds. The predicted octanol–water partition coefficient (Wildman–Crippen LogP) is 12.2. The van der Waals surface area contributed by atoms with Crippen molar-refractivity contribution in [2.45, 2.75) is 112 Å². The Morgan fingerprint density at radius 1 is 0.610 bits per heavy atom. The van der Waals surface area contributed by atoms with Gasteiger partial charge in [0.05, 0.1) is 26.4 Å². The van der Waals surface area contributed by atoms with Crippen LogP contribution in [0, 0.1) is 34.8 Å². The molecule has 1 saturated carbocycles. The van der Waals surface area contributed by atoms with Crippen molar-refractivity contribution in [3.63, 3.8) is 0 Å². The van der Waals surface area contributed by atoms with E-state index < -0.39 is 91.1 Å². The van der Waals surface area contributed by atoms with Crippen molar-refractivity contribution < 1.29 is 70.7 Å². The SMILES string of the molecule is C=C(C)C(=O)OCCCc1cc(-c2ccc(-c3c(F)cc(-c4ccc(C5CCC(CCCC)CC5)cc4)cc3F)cc2CC)ccc1OCC(COC(=O)C(=C)C)(COC(=O)C(C)C(=O)OC)COC(=O)C(C)C(=O)OC. The molecule has 0 aromatic heterocycles. The zero-order chi connectivity index (χ0) is 56.4. The summed E-state index contributed by atoms with van der Waals surface area (Å²) in [5.41, 5.74) is 4.14. The van der Waals surface area contributed by atoms with Gasteiger partial charge in [0.15, 0.2) is 11.8 Å². The number of rotatable bonds is 27. The Bertz CT molecular complexity index is 2690. The number of hydrogen-bond donors (Lipinski definition) is 0. The summed E-state index contributed by atoms with van der Waals surface area (Å²) in [5, 5.41) is 0. The van der Waals surface area contributed by atoms with Gasteiger partial charge in [0, 0.05) is 11.1 Å². The van der Waals surface area contributed by atoms with Gasteiger partial charge in [-0.15, -0.1) is 0 Å². The molecule has 1 aliphatic carbocycles. The van der Waals surface area contributed by atoms with Gasteiger partial charge in [-0.1, -0.05) is 94.8 Å². The van der Waals surface area contributed by atoms with Crippen LogP contribution in [0.5, 0.6) is 5.75 Å². The van der Waals surface area contributed by atoms with Crippen LogP contribution < -0.4 is 4.74 Å². The van der Waals surface area contributed by atoms with Gasteiger partial charge in [0.25, 0.3) is 0 Å². The van der Waals surface area contributed by atoms with E-state index in [0.29, 0.717) is 35.4 Å². The number of aryl methyl sites for hydroxylation is 2. The van der Waals surface area contributed by atoms with Crippen LogP contribution in [-0.2, 0) is 70.0 Å². The zero-order valence-electron chi connectivity index (χ0n) is 45.8. The molecule has 0 saturated heterocycles. The van der Waals surface area contributed by atoms with E-state index in [1.807, 2.05) is 25.1 Å². The van der Waals surface area contributed by atoms with Crippen LogP contribution in [0.4, 0.5) is 8.78 Å². The molecule has 0 N–H and O–H groups in total. The summed E-state index contributed by atoms with van der Waals surface area (Å²) in [6.45, 7) is 14.7. The second-order valence-electron chi connectivity index (χ2n) is 20.2. The minimum Gasteiger partial charge on any atom is -0.492 e. The molecule has 0 radical (unpaired) electrons. The summed E-state index contributed by atoms with van der Waals surface area (Å²) in [6.07, 6.45) is 9.69. The van der Waals surface area contributed by atoms with Crippen molar-refractivity contribution in [3.05, 3.63) is 125 Å². The normalized spacial score (nSPS) is 15.7. The molecule has 0 aliphatic heterocycles. The lowest BCUT2D eigenvalue weighted by Crippen LogP contribution is -2.45. The van der Waals surface area contributed by atoms with Gasteiger partial charge < -0.3 is 33.2 Å². The molecule has 13 nitrogen and oxygen atoms in total. The number of carbonyl (C=O) groups is 6. The highest BCUT2D eigenvalue weighted by Crippen LogP contribution is 2.40. The number of halogens is 2. The third kappa shape index (κ3) is 16.7. The maximum absolute atomic E-state index is 16.2. The molecule has 5 rings (SSSR count).